The summed E-state index contributed by atoms with van der Waals surface area (Å²) in [7, 11) is 1.98. The Hall–Kier alpha value is -2.29. The van der Waals surface area contributed by atoms with Crippen molar-refractivity contribution in [2.75, 3.05) is 25.2 Å². The molecule has 0 aliphatic carbocycles. The molecule has 2 rings (SSSR count). The Bertz CT molecular complexity index is 707. The van der Waals surface area contributed by atoms with Crippen LogP contribution in [-0.4, -0.2) is 25.8 Å². The van der Waals surface area contributed by atoms with E-state index >= 15 is 0 Å². The number of thioether (sulfide) groups is 1. The number of carbonyl (C=O) groups excluding carboxylic acids is 1. The Morgan fingerprint density at radius 2 is 1.91 bits per heavy atom. The Morgan fingerprint density at radius 3 is 2.57 bits per heavy atom. The zero-order valence-corrected chi connectivity index (χ0v) is 14.1. The van der Waals surface area contributed by atoms with Crippen LogP contribution < -0.4 is 10.2 Å². The molecule has 0 saturated carbocycles. The lowest BCUT2D eigenvalue weighted by Gasteiger charge is -2.14. The van der Waals surface area contributed by atoms with Crippen LogP contribution in [0.3, 0.4) is 0 Å². The number of nitrogens with zero attached hydrogens (tertiary/aromatic N) is 1. The van der Waals surface area contributed by atoms with Crippen molar-refractivity contribution in [3.05, 3.63) is 59.7 Å². The number of quaternary nitrogens is 1. The molecule has 2 N–H and O–H groups in total. The molecule has 0 aliphatic rings. The SMILES string of the molecule is CSc1ccc(C[NH+](C)CC(=O)Nc2ccccc2C#N)cc1. The van der Waals surface area contributed by atoms with Crippen LogP contribution in [0.15, 0.2) is 53.4 Å². The molecule has 0 heterocycles. The van der Waals surface area contributed by atoms with E-state index in [-0.39, 0.29) is 5.91 Å². The number of carbonyl (C=O) groups is 1. The Balaban J connectivity index is 1.90. The standard InChI is InChI=1S/C18H19N3OS/c1-21(12-14-7-9-16(23-2)10-8-14)13-18(22)20-17-6-4-3-5-15(17)11-19/h3-10H,12-13H2,1-2H3,(H,20,22)/p+1. The Kier molecular flexibility index (Phi) is 6.21. The minimum Gasteiger partial charge on any atom is -0.326 e. The number of para-hydroxylation sites is 1. The second kappa shape index (κ2) is 8.37. The summed E-state index contributed by atoms with van der Waals surface area (Å²) in [5.41, 5.74) is 2.24. The zero-order chi connectivity index (χ0) is 16.7. The highest BCUT2D eigenvalue weighted by Gasteiger charge is 2.12. The van der Waals surface area contributed by atoms with Gasteiger partial charge in [0.2, 0.25) is 0 Å². The number of hydrogen-bond acceptors (Lipinski definition) is 3. The van der Waals surface area contributed by atoms with Gasteiger partial charge >= 0.3 is 0 Å². The molecule has 118 valence electrons. The minimum absolute atomic E-state index is 0.0917. The summed E-state index contributed by atoms with van der Waals surface area (Å²) < 4.78 is 0. The van der Waals surface area contributed by atoms with Gasteiger partial charge < -0.3 is 10.2 Å². The highest BCUT2D eigenvalue weighted by Crippen LogP contribution is 2.14. The van der Waals surface area contributed by atoms with E-state index in [9.17, 15) is 4.79 Å². The predicted molar refractivity (Wildman–Crippen MR) is 93.5 cm³/mol. The molecule has 0 radical (unpaired) electrons. The molecule has 0 bridgehead atoms. The van der Waals surface area contributed by atoms with Crippen LogP contribution >= 0.6 is 11.8 Å². The highest BCUT2D eigenvalue weighted by atomic mass is 32.2. The van der Waals surface area contributed by atoms with Gasteiger partial charge in [0.15, 0.2) is 6.54 Å². The molecular formula is C18H20N3OS+. The topological polar surface area (TPSA) is 57.3 Å². The zero-order valence-electron chi connectivity index (χ0n) is 13.3. The summed E-state index contributed by atoms with van der Waals surface area (Å²) in [6, 6.07) is 17.5. The van der Waals surface area contributed by atoms with Gasteiger partial charge in [0.1, 0.15) is 12.6 Å². The predicted octanol–water partition coefficient (Wildman–Crippen LogP) is 1.93. The molecule has 5 heteroatoms. The van der Waals surface area contributed by atoms with Gasteiger partial charge in [-0.25, -0.2) is 0 Å². The van der Waals surface area contributed by atoms with Gasteiger partial charge in [0.05, 0.1) is 18.3 Å². The third kappa shape index (κ3) is 5.13. The molecule has 0 spiro atoms. The number of nitrogens with one attached hydrogen (secondary N) is 2. The van der Waals surface area contributed by atoms with E-state index in [0.29, 0.717) is 17.8 Å². The first-order valence-corrected chi connectivity index (χ1v) is 8.58. The Labute approximate surface area is 141 Å². The van der Waals surface area contributed by atoms with Crippen LogP contribution in [0.1, 0.15) is 11.1 Å². The molecule has 1 unspecified atom stereocenters. The average molecular weight is 326 g/mol. The van der Waals surface area contributed by atoms with E-state index in [1.54, 1.807) is 36.0 Å². The molecular weight excluding hydrogens is 306 g/mol. The van der Waals surface area contributed by atoms with E-state index < -0.39 is 0 Å². The third-order valence-corrected chi connectivity index (χ3v) is 4.19. The molecule has 2 aromatic rings. The van der Waals surface area contributed by atoms with Crippen molar-refractivity contribution < 1.29 is 9.69 Å². The van der Waals surface area contributed by atoms with Gasteiger partial charge in [-0.15, -0.1) is 11.8 Å². The van der Waals surface area contributed by atoms with Crippen LogP contribution in [0.2, 0.25) is 0 Å². The van der Waals surface area contributed by atoms with Crippen LogP contribution in [0.4, 0.5) is 5.69 Å². The maximum atomic E-state index is 12.1. The molecule has 4 nitrogen and oxygen atoms in total. The normalized spacial score (nSPS) is 11.5. The summed E-state index contributed by atoms with van der Waals surface area (Å²) >= 11 is 1.71. The molecule has 23 heavy (non-hydrogen) atoms. The van der Waals surface area contributed by atoms with Gasteiger partial charge in [0.25, 0.3) is 5.91 Å². The van der Waals surface area contributed by atoms with Crippen molar-refractivity contribution >= 4 is 23.4 Å². The van der Waals surface area contributed by atoms with Crippen LogP contribution in [0.25, 0.3) is 0 Å². The number of likely N-dealkylation sites (N-methyl/N-ethyl adjacent to an activating group) is 1. The molecule has 0 aliphatic heterocycles. The number of rotatable bonds is 6. The second-order valence-corrected chi connectivity index (χ2v) is 6.24. The first-order valence-electron chi connectivity index (χ1n) is 7.35. The summed E-state index contributed by atoms with van der Waals surface area (Å²) in [6.07, 6.45) is 2.05. The summed E-state index contributed by atoms with van der Waals surface area (Å²) in [5, 5.41) is 11.9. The lowest BCUT2D eigenvalue weighted by molar-refractivity contribution is -0.885. The van der Waals surface area contributed by atoms with Gasteiger partial charge in [-0.2, -0.15) is 5.26 Å². The fourth-order valence-electron chi connectivity index (χ4n) is 2.31. The number of hydrogen-bond donors (Lipinski definition) is 2. The third-order valence-electron chi connectivity index (χ3n) is 3.45. The van der Waals surface area contributed by atoms with Crippen molar-refractivity contribution in [3.63, 3.8) is 0 Å². The van der Waals surface area contributed by atoms with E-state index in [4.69, 9.17) is 5.26 Å². The van der Waals surface area contributed by atoms with Gasteiger partial charge in [-0.05, 0) is 30.5 Å². The molecule has 0 fully saturated rings. The van der Waals surface area contributed by atoms with E-state index in [1.807, 2.05) is 7.05 Å². The molecule has 1 amide bonds. The van der Waals surface area contributed by atoms with E-state index in [0.717, 1.165) is 11.4 Å². The maximum absolute atomic E-state index is 12.1. The maximum Gasteiger partial charge on any atom is 0.279 e. The molecule has 0 saturated heterocycles. The van der Waals surface area contributed by atoms with Crippen LogP contribution in [-0.2, 0) is 11.3 Å². The lowest BCUT2D eigenvalue weighted by atomic mass is 10.2. The highest BCUT2D eigenvalue weighted by molar-refractivity contribution is 7.98. The molecule has 1 atom stereocenters. The number of anilines is 1. The number of amides is 1. The first kappa shape index (κ1) is 17.1. The molecule has 2 aromatic carbocycles. The van der Waals surface area contributed by atoms with Crippen molar-refractivity contribution in [2.24, 2.45) is 0 Å². The summed E-state index contributed by atoms with van der Waals surface area (Å²) in [4.78, 5) is 14.5. The van der Waals surface area contributed by atoms with E-state index in [2.05, 4.69) is 41.9 Å². The van der Waals surface area contributed by atoms with Gasteiger partial charge in [-0.1, -0.05) is 24.3 Å². The Morgan fingerprint density at radius 1 is 1.22 bits per heavy atom. The van der Waals surface area contributed by atoms with E-state index in [1.165, 1.54) is 10.5 Å². The lowest BCUT2D eigenvalue weighted by Crippen LogP contribution is -3.08. The quantitative estimate of drug-likeness (QED) is 0.798. The summed E-state index contributed by atoms with van der Waals surface area (Å²) in [6.45, 7) is 1.13. The van der Waals surface area contributed by atoms with Crippen molar-refractivity contribution in [1.29, 1.82) is 5.26 Å². The smallest absolute Gasteiger partial charge is 0.279 e. The molecule has 0 aromatic heterocycles. The number of benzene rings is 2. The largest absolute Gasteiger partial charge is 0.326 e. The number of nitriles is 1. The van der Waals surface area contributed by atoms with Crippen LogP contribution in [0, 0.1) is 11.3 Å². The monoisotopic (exact) mass is 326 g/mol. The average Bonchev–Trinajstić information content (AvgIpc) is 2.55. The van der Waals surface area contributed by atoms with Crippen LogP contribution in [0.5, 0.6) is 0 Å². The van der Waals surface area contributed by atoms with Crippen molar-refractivity contribution in [3.8, 4) is 6.07 Å². The minimum atomic E-state index is -0.0917. The van der Waals surface area contributed by atoms with Crippen molar-refractivity contribution in [2.45, 2.75) is 11.4 Å². The second-order valence-electron chi connectivity index (χ2n) is 5.36. The van der Waals surface area contributed by atoms with Crippen molar-refractivity contribution in [1.82, 2.24) is 0 Å². The van der Waals surface area contributed by atoms with Gasteiger partial charge in [-0.3, -0.25) is 4.79 Å². The summed E-state index contributed by atoms with van der Waals surface area (Å²) in [5.74, 6) is -0.0917. The fourth-order valence-corrected chi connectivity index (χ4v) is 2.72. The fraction of sp³-hybridized carbons (Fsp3) is 0.222. The van der Waals surface area contributed by atoms with Gasteiger partial charge in [0, 0.05) is 10.5 Å². The first-order chi connectivity index (χ1) is 11.1.